The number of carboxylic acid groups (broad SMARTS) is 1. The number of carbonyl (C=O) groups is 2. The first-order valence-corrected chi connectivity index (χ1v) is 22.4. The van der Waals surface area contributed by atoms with Crippen LogP contribution in [-0.2, 0) is 27.3 Å². The molecule has 6 heterocycles. The molecule has 14 heteroatoms. The Bertz CT molecular complexity index is 3120. The number of rotatable bonds is 11. The number of carbonyl (C=O) groups excluding carboxylic acids is 1. The van der Waals surface area contributed by atoms with E-state index in [9.17, 15) is 24.3 Å². The molecule has 2 fully saturated rings. The van der Waals surface area contributed by atoms with Crippen molar-refractivity contribution in [3.63, 3.8) is 0 Å². The average molecular weight is 887 g/mol. The highest BCUT2D eigenvalue weighted by atomic mass is 16.5. The number of benzene rings is 4. The summed E-state index contributed by atoms with van der Waals surface area (Å²) in [6, 6.07) is 34.8. The van der Waals surface area contributed by atoms with Crippen LogP contribution in [0.5, 0.6) is 0 Å². The Morgan fingerprint density at radius 3 is 1.52 bits per heavy atom. The molecule has 2 aliphatic heterocycles. The van der Waals surface area contributed by atoms with Crippen molar-refractivity contribution in [3.8, 4) is 22.5 Å². The first kappa shape index (κ1) is 43.8. The number of para-hydroxylation sites is 2. The molecule has 1 N–H and O–H groups in total. The van der Waals surface area contributed by atoms with E-state index in [0.29, 0.717) is 29.4 Å². The number of aromatic nitrogens is 6. The number of hydrogen-bond donors (Lipinski definition) is 1. The molecule has 0 bridgehead atoms. The molecule has 2 unspecified atom stereocenters. The van der Waals surface area contributed by atoms with Crippen molar-refractivity contribution in [2.24, 2.45) is 0 Å². The molecule has 0 amide bonds. The van der Waals surface area contributed by atoms with E-state index in [4.69, 9.17) is 14.2 Å². The second kappa shape index (κ2) is 19.8. The van der Waals surface area contributed by atoms with Gasteiger partial charge in [-0.3, -0.25) is 9.59 Å². The van der Waals surface area contributed by atoms with Crippen LogP contribution in [0, 0.1) is 0 Å². The summed E-state index contributed by atoms with van der Waals surface area (Å²) in [5, 5.41) is 19.3. The van der Waals surface area contributed by atoms with Crippen LogP contribution < -0.4 is 10.9 Å². The first-order chi connectivity index (χ1) is 32.3. The van der Waals surface area contributed by atoms with E-state index in [2.05, 4.69) is 34.5 Å². The van der Waals surface area contributed by atoms with Gasteiger partial charge in [-0.2, -0.15) is 10.2 Å². The second-order valence-corrected chi connectivity index (χ2v) is 16.4. The van der Waals surface area contributed by atoms with Gasteiger partial charge in [0.25, 0.3) is 0 Å². The number of aromatic carboxylic acids is 1. The highest BCUT2D eigenvalue weighted by Crippen LogP contribution is 2.30. The summed E-state index contributed by atoms with van der Waals surface area (Å²) >= 11 is 0. The number of fused-ring (bicyclic) bond motifs is 2. The minimum absolute atomic E-state index is 0.0211. The molecule has 2 aliphatic rings. The lowest BCUT2D eigenvalue weighted by Crippen LogP contribution is -2.21. The van der Waals surface area contributed by atoms with E-state index in [1.54, 1.807) is 43.6 Å². The zero-order valence-corrected chi connectivity index (χ0v) is 36.6. The van der Waals surface area contributed by atoms with Crippen molar-refractivity contribution in [1.82, 2.24) is 28.7 Å². The third kappa shape index (κ3) is 9.23. The maximum absolute atomic E-state index is 12.9. The van der Waals surface area contributed by atoms with Crippen LogP contribution in [-0.4, -0.2) is 65.6 Å². The number of esters is 1. The molecule has 10 rings (SSSR count). The van der Waals surface area contributed by atoms with Crippen molar-refractivity contribution in [2.75, 3.05) is 19.8 Å². The number of hydrogen-bond acceptors (Lipinski definition) is 9. The van der Waals surface area contributed by atoms with Crippen molar-refractivity contribution < 1.29 is 28.9 Å². The van der Waals surface area contributed by atoms with Crippen LogP contribution in [0.3, 0.4) is 0 Å². The summed E-state index contributed by atoms with van der Waals surface area (Å²) < 4.78 is 24.6. The van der Waals surface area contributed by atoms with Crippen molar-refractivity contribution in [2.45, 2.75) is 71.0 Å². The Labute approximate surface area is 380 Å². The molecule has 2 atom stereocenters. The van der Waals surface area contributed by atoms with E-state index < -0.39 is 17.4 Å². The molecular formula is C52H50N6O8. The predicted molar refractivity (Wildman–Crippen MR) is 251 cm³/mol. The van der Waals surface area contributed by atoms with Gasteiger partial charge in [0.1, 0.15) is 11.1 Å². The van der Waals surface area contributed by atoms with Gasteiger partial charge in [-0.15, -0.1) is 0 Å². The smallest absolute Gasteiger partial charge is 0.343 e. The summed E-state index contributed by atoms with van der Waals surface area (Å²) in [6.45, 7) is 4.43. The Morgan fingerprint density at radius 2 is 1.08 bits per heavy atom. The van der Waals surface area contributed by atoms with Crippen LogP contribution in [0.25, 0.3) is 44.3 Å². The van der Waals surface area contributed by atoms with Gasteiger partial charge in [0.05, 0.1) is 29.0 Å². The lowest BCUT2D eigenvalue weighted by atomic mass is 10.1. The maximum atomic E-state index is 12.9. The Hall–Kier alpha value is -7.42. The first-order valence-electron chi connectivity index (χ1n) is 22.4. The van der Waals surface area contributed by atoms with Crippen LogP contribution in [0.1, 0.15) is 89.7 Å². The number of ether oxygens (including phenoxy) is 3. The summed E-state index contributed by atoms with van der Waals surface area (Å²) in [5.41, 5.74) is 6.72. The zero-order valence-electron chi connectivity index (χ0n) is 36.6. The molecule has 4 aromatic carbocycles. The zero-order chi connectivity index (χ0) is 45.6. The lowest BCUT2D eigenvalue weighted by Gasteiger charge is -2.24. The number of carboxylic acids is 1. The van der Waals surface area contributed by atoms with Gasteiger partial charge >= 0.3 is 11.9 Å². The van der Waals surface area contributed by atoms with E-state index >= 15 is 0 Å². The second-order valence-electron chi connectivity index (χ2n) is 16.4. The van der Waals surface area contributed by atoms with Crippen LogP contribution in [0.4, 0.5) is 0 Å². The van der Waals surface area contributed by atoms with E-state index in [1.807, 2.05) is 85.4 Å². The van der Waals surface area contributed by atoms with Gasteiger partial charge in [-0.25, -0.2) is 19.0 Å². The highest BCUT2D eigenvalue weighted by molar-refractivity contribution is 5.94. The normalized spacial score (nSPS) is 16.1. The minimum atomic E-state index is -1.22. The molecule has 0 saturated carbocycles. The average Bonchev–Trinajstić information content (AvgIpc) is 4.06. The Kier molecular flexibility index (Phi) is 13.1. The van der Waals surface area contributed by atoms with Crippen molar-refractivity contribution >= 4 is 33.7 Å². The molecular weight excluding hydrogens is 837 g/mol. The van der Waals surface area contributed by atoms with Gasteiger partial charge in [0.2, 0.25) is 10.9 Å². The molecule has 0 spiro atoms. The third-order valence-electron chi connectivity index (χ3n) is 12.1. The maximum Gasteiger partial charge on any atom is 0.343 e. The fourth-order valence-electron chi connectivity index (χ4n) is 8.79. The largest absolute Gasteiger partial charge is 0.477 e. The lowest BCUT2D eigenvalue weighted by molar-refractivity contribution is -0.0384. The van der Waals surface area contributed by atoms with E-state index in [0.717, 1.165) is 90.9 Å². The van der Waals surface area contributed by atoms with Crippen molar-refractivity contribution in [3.05, 3.63) is 177 Å². The summed E-state index contributed by atoms with van der Waals surface area (Å²) in [7, 11) is 0. The monoisotopic (exact) mass is 886 g/mol. The molecule has 336 valence electrons. The van der Waals surface area contributed by atoms with E-state index in [-0.39, 0.29) is 35.6 Å². The van der Waals surface area contributed by atoms with Crippen LogP contribution in [0.2, 0.25) is 0 Å². The fraction of sp³-hybridized carbons (Fsp3) is 0.269. The summed E-state index contributed by atoms with van der Waals surface area (Å²) in [6.07, 6.45) is 13.0. The topological polar surface area (TPSA) is 162 Å². The standard InChI is InChI=1S/C27H27N3O4.C25H23N3O4/c1-2-33-27(32)22-18-29(24-8-4-3-7-21(24)26(22)31)17-19-10-12-20(13-11-19)23-14-15-28-30(23)25-9-5-6-16-34-25;29-24-19-5-1-2-6-22(19)27(16-20(24)25(30)31)15-17-8-10-18(11-9-17)21-12-13-26-28(21)23-7-3-4-14-32-23/h3-4,7-8,10-15,18,25H,2,5-6,9,16-17H2,1H3;1-2,5-6,8-13,16,23H,3-4,7,14-15H2,(H,30,31). The van der Waals surface area contributed by atoms with Gasteiger partial charge < -0.3 is 28.5 Å². The summed E-state index contributed by atoms with van der Waals surface area (Å²) in [5.74, 6) is -1.82. The SMILES string of the molecule is CCOC(=O)c1cn(Cc2ccc(-c3ccnn3C3CCCCO3)cc2)c2ccccc2c1=O.O=C(O)c1cn(Cc2ccc(-c3ccnn3C3CCCCO3)cc2)c2ccccc2c1=O. The molecule has 4 aromatic heterocycles. The Morgan fingerprint density at radius 1 is 0.621 bits per heavy atom. The van der Waals surface area contributed by atoms with Crippen LogP contribution >= 0.6 is 0 Å². The van der Waals surface area contributed by atoms with Gasteiger partial charge in [-0.05, 0) is 104 Å². The minimum Gasteiger partial charge on any atom is -0.477 e. The summed E-state index contributed by atoms with van der Waals surface area (Å²) in [4.78, 5) is 49.3. The fourth-order valence-corrected chi connectivity index (χ4v) is 8.79. The molecule has 0 aliphatic carbocycles. The highest BCUT2D eigenvalue weighted by Gasteiger charge is 2.22. The predicted octanol–water partition coefficient (Wildman–Crippen LogP) is 9.10. The quantitative estimate of drug-likeness (QED) is 0.124. The molecule has 8 aromatic rings. The van der Waals surface area contributed by atoms with Crippen LogP contribution in [0.15, 0.2) is 144 Å². The Balaban J connectivity index is 0.000000166. The molecule has 66 heavy (non-hydrogen) atoms. The van der Waals surface area contributed by atoms with E-state index in [1.165, 1.54) is 6.20 Å². The van der Waals surface area contributed by atoms with Gasteiger partial charge in [-0.1, -0.05) is 72.8 Å². The molecule has 2 saturated heterocycles. The third-order valence-corrected chi connectivity index (χ3v) is 12.1. The number of nitrogens with zero attached hydrogens (tertiary/aromatic N) is 6. The van der Waals surface area contributed by atoms with Gasteiger partial charge in [0, 0.05) is 61.9 Å². The number of pyridine rings is 2. The van der Waals surface area contributed by atoms with Crippen molar-refractivity contribution in [1.29, 1.82) is 0 Å². The molecule has 0 radical (unpaired) electrons. The van der Waals surface area contributed by atoms with Gasteiger partial charge in [0.15, 0.2) is 12.5 Å². The molecule has 14 nitrogen and oxygen atoms in total.